The minimum atomic E-state index is -0.934. The third-order valence-corrected chi connectivity index (χ3v) is 3.19. The third kappa shape index (κ3) is 4.58. The Hall–Kier alpha value is -2.31. The molecule has 0 aromatic heterocycles. The van der Waals surface area contributed by atoms with Gasteiger partial charge in [-0.3, -0.25) is 4.79 Å². The van der Waals surface area contributed by atoms with Crippen LogP contribution >= 0.6 is 23.2 Å². The van der Waals surface area contributed by atoms with Crippen molar-refractivity contribution in [3.8, 4) is 5.75 Å². The average molecular weight is 358 g/mol. The van der Waals surface area contributed by atoms with Gasteiger partial charge in [0.05, 0.1) is 5.69 Å². The number of hydrogen-bond donors (Lipinski definition) is 2. The highest BCUT2D eigenvalue weighted by Gasteiger charge is 2.15. The van der Waals surface area contributed by atoms with Gasteiger partial charge in [0.2, 0.25) is 0 Å². The summed E-state index contributed by atoms with van der Waals surface area (Å²) in [6, 6.07) is 7.53. The van der Waals surface area contributed by atoms with Crippen molar-refractivity contribution in [2.75, 3.05) is 11.9 Å². The molecule has 0 aliphatic carbocycles. The number of aromatic hydroxyl groups is 1. The van der Waals surface area contributed by atoms with Crippen LogP contribution in [0, 0.1) is 5.82 Å². The molecule has 0 saturated carbocycles. The predicted molar refractivity (Wildman–Crippen MR) is 83.4 cm³/mol. The van der Waals surface area contributed by atoms with Crippen LogP contribution in [-0.2, 0) is 9.53 Å². The fourth-order valence-electron chi connectivity index (χ4n) is 1.66. The summed E-state index contributed by atoms with van der Waals surface area (Å²) in [4.78, 5) is 23.4. The number of esters is 1. The Labute approximate surface area is 140 Å². The van der Waals surface area contributed by atoms with Gasteiger partial charge in [-0.1, -0.05) is 23.2 Å². The molecule has 0 bridgehead atoms. The van der Waals surface area contributed by atoms with Crippen molar-refractivity contribution in [3.05, 3.63) is 57.8 Å². The quantitative estimate of drug-likeness (QED) is 0.819. The summed E-state index contributed by atoms with van der Waals surface area (Å²) in [5, 5.41) is 12.2. The van der Waals surface area contributed by atoms with E-state index in [0.29, 0.717) is 0 Å². The first-order chi connectivity index (χ1) is 10.9. The Bertz CT molecular complexity index is 767. The van der Waals surface area contributed by atoms with Gasteiger partial charge in [-0.25, -0.2) is 9.18 Å². The molecule has 2 aromatic carbocycles. The lowest BCUT2D eigenvalue weighted by Crippen LogP contribution is -2.21. The minimum absolute atomic E-state index is 0.0962. The maximum atomic E-state index is 13.5. The van der Waals surface area contributed by atoms with Crippen LogP contribution in [0.15, 0.2) is 36.4 Å². The van der Waals surface area contributed by atoms with E-state index < -0.39 is 24.3 Å². The van der Waals surface area contributed by atoms with Gasteiger partial charge in [0, 0.05) is 10.0 Å². The summed E-state index contributed by atoms with van der Waals surface area (Å²) >= 11 is 11.3. The molecule has 0 spiro atoms. The second kappa shape index (κ2) is 7.30. The smallest absolute Gasteiger partial charge is 0.342 e. The van der Waals surface area contributed by atoms with E-state index in [1.54, 1.807) is 0 Å². The molecule has 2 N–H and O–H groups in total. The number of halogens is 3. The van der Waals surface area contributed by atoms with Crippen molar-refractivity contribution in [2.24, 2.45) is 0 Å². The van der Waals surface area contributed by atoms with Crippen molar-refractivity contribution in [3.63, 3.8) is 0 Å². The van der Waals surface area contributed by atoms with Gasteiger partial charge in [-0.05, 0) is 36.4 Å². The van der Waals surface area contributed by atoms with E-state index in [1.165, 1.54) is 30.3 Å². The highest BCUT2D eigenvalue weighted by molar-refractivity contribution is 6.31. The van der Waals surface area contributed by atoms with Crippen LogP contribution in [0.4, 0.5) is 10.1 Å². The van der Waals surface area contributed by atoms with Crippen molar-refractivity contribution < 1.29 is 23.8 Å². The van der Waals surface area contributed by atoms with Crippen LogP contribution in [-0.4, -0.2) is 23.6 Å². The van der Waals surface area contributed by atoms with E-state index in [4.69, 9.17) is 27.9 Å². The molecule has 0 aliphatic rings. The van der Waals surface area contributed by atoms with Crippen molar-refractivity contribution in [1.29, 1.82) is 0 Å². The highest BCUT2D eigenvalue weighted by Crippen LogP contribution is 2.22. The van der Waals surface area contributed by atoms with E-state index in [-0.39, 0.29) is 27.0 Å². The molecule has 0 unspecified atom stereocenters. The Balaban J connectivity index is 1.96. The number of nitrogens with one attached hydrogen (secondary N) is 1. The lowest BCUT2D eigenvalue weighted by Gasteiger charge is -2.08. The molecule has 2 aromatic rings. The Morgan fingerprint density at radius 1 is 1.13 bits per heavy atom. The molecule has 0 aliphatic heterocycles. The van der Waals surface area contributed by atoms with E-state index in [2.05, 4.69) is 5.32 Å². The molecule has 0 saturated heterocycles. The fourth-order valence-corrected chi connectivity index (χ4v) is 1.99. The summed E-state index contributed by atoms with van der Waals surface area (Å²) in [5.74, 6) is -2.73. The lowest BCUT2D eigenvalue weighted by molar-refractivity contribution is -0.119. The lowest BCUT2D eigenvalue weighted by atomic mass is 10.2. The number of phenols is 1. The number of carbonyl (C=O) groups excluding carboxylic acids is 2. The Morgan fingerprint density at radius 3 is 2.48 bits per heavy atom. The van der Waals surface area contributed by atoms with Gasteiger partial charge in [-0.15, -0.1) is 0 Å². The number of ether oxygens (including phenoxy) is 1. The first-order valence-electron chi connectivity index (χ1n) is 6.27. The average Bonchev–Trinajstić information content (AvgIpc) is 2.50. The summed E-state index contributed by atoms with van der Waals surface area (Å²) < 4.78 is 18.3. The van der Waals surface area contributed by atoms with Gasteiger partial charge in [0.25, 0.3) is 5.91 Å². The standard InChI is InChI=1S/C15H10Cl2FNO4/c16-8-2-4-13(20)10(5-8)15(22)23-7-14(21)19-12-3-1-9(17)6-11(12)18/h1-6,20H,7H2,(H,19,21). The van der Waals surface area contributed by atoms with E-state index in [1.807, 2.05) is 0 Å². The van der Waals surface area contributed by atoms with E-state index >= 15 is 0 Å². The predicted octanol–water partition coefficient (Wildman–Crippen LogP) is 3.63. The number of benzene rings is 2. The van der Waals surface area contributed by atoms with Gasteiger partial charge in [0.15, 0.2) is 6.61 Å². The molecule has 23 heavy (non-hydrogen) atoms. The zero-order valence-corrected chi connectivity index (χ0v) is 13.0. The molecular weight excluding hydrogens is 348 g/mol. The van der Waals surface area contributed by atoms with Crippen LogP contribution < -0.4 is 5.32 Å². The fraction of sp³-hybridized carbons (Fsp3) is 0.0667. The maximum absolute atomic E-state index is 13.5. The molecule has 120 valence electrons. The monoisotopic (exact) mass is 357 g/mol. The SMILES string of the molecule is O=C(COC(=O)c1cc(Cl)ccc1O)Nc1ccc(Cl)cc1F. The summed E-state index contributed by atoms with van der Waals surface area (Å²) in [7, 11) is 0. The van der Waals surface area contributed by atoms with Crippen LogP contribution in [0.2, 0.25) is 10.0 Å². The first-order valence-corrected chi connectivity index (χ1v) is 7.03. The topological polar surface area (TPSA) is 75.6 Å². The zero-order chi connectivity index (χ0) is 17.0. The number of phenolic OH excluding ortho intramolecular Hbond substituents is 1. The van der Waals surface area contributed by atoms with Gasteiger partial charge in [-0.2, -0.15) is 0 Å². The molecule has 5 nitrogen and oxygen atoms in total. The summed E-state index contributed by atoms with van der Waals surface area (Å²) in [6.45, 7) is -0.660. The number of hydrogen-bond acceptors (Lipinski definition) is 4. The Kier molecular flexibility index (Phi) is 5.41. The molecule has 0 fully saturated rings. The van der Waals surface area contributed by atoms with Crippen LogP contribution in [0.1, 0.15) is 10.4 Å². The maximum Gasteiger partial charge on any atom is 0.342 e. The van der Waals surface area contributed by atoms with E-state index in [0.717, 1.165) is 6.07 Å². The number of carbonyl (C=O) groups is 2. The number of anilines is 1. The normalized spacial score (nSPS) is 10.2. The molecular formula is C15H10Cl2FNO4. The van der Waals surface area contributed by atoms with E-state index in [9.17, 15) is 19.1 Å². The van der Waals surface area contributed by atoms with Crippen molar-refractivity contribution in [2.45, 2.75) is 0 Å². The highest BCUT2D eigenvalue weighted by atomic mass is 35.5. The van der Waals surface area contributed by atoms with Gasteiger partial charge < -0.3 is 15.2 Å². The minimum Gasteiger partial charge on any atom is -0.507 e. The molecule has 2 rings (SSSR count). The second-order valence-electron chi connectivity index (χ2n) is 4.41. The molecule has 0 radical (unpaired) electrons. The van der Waals surface area contributed by atoms with Crippen molar-refractivity contribution in [1.82, 2.24) is 0 Å². The molecule has 1 amide bonds. The molecule has 0 atom stereocenters. The molecule has 0 heterocycles. The number of rotatable bonds is 4. The van der Waals surface area contributed by atoms with Crippen LogP contribution in [0.5, 0.6) is 5.75 Å². The number of amides is 1. The van der Waals surface area contributed by atoms with Gasteiger partial charge >= 0.3 is 5.97 Å². The van der Waals surface area contributed by atoms with Crippen molar-refractivity contribution >= 4 is 40.8 Å². The largest absolute Gasteiger partial charge is 0.507 e. The second-order valence-corrected chi connectivity index (χ2v) is 5.28. The molecule has 8 heteroatoms. The summed E-state index contributed by atoms with van der Waals surface area (Å²) in [5.41, 5.74) is -0.274. The third-order valence-electron chi connectivity index (χ3n) is 2.72. The van der Waals surface area contributed by atoms with Crippen LogP contribution in [0.3, 0.4) is 0 Å². The van der Waals surface area contributed by atoms with Gasteiger partial charge in [0.1, 0.15) is 17.1 Å². The zero-order valence-electron chi connectivity index (χ0n) is 11.5. The summed E-state index contributed by atoms with van der Waals surface area (Å²) in [6.07, 6.45) is 0. The Morgan fingerprint density at radius 2 is 1.78 bits per heavy atom. The van der Waals surface area contributed by atoms with Crippen LogP contribution in [0.25, 0.3) is 0 Å². The first kappa shape index (κ1) is 17.1.